The Hall–Kier alpha value is -3.65. The Labute approximate surface area is 201 Å². The van der Waals surface area contributed by atoms with Crippen LogP contribution >= 0.6 is 11.3 Å². The number of ether oxygens (including phenoxy) is 3. The number of rotatable bonds is 7. The van der Waals surface area contributed by atoms with E-state index in [4.69, 9.17) is 14.2 Å². The predicted molar refractivity (Wildman–Crippen MR) is 132 cm³/mol. The number of para-hydroxylation sites is 1. The first kappa shape index (κ1) is 23.5. The summed E-state index contributed by atoms with van der Waals surface area (Å²) in [6.45, 7) is 5.73. The van der Waals surface area contributed by atoms with Gasteiger partial charge in [0.2, 0.25) is 0 Å². The van der Waals surface area contributed by atoms with Gasteiger partial charge in [-0.25, -0.2) is 4.99 Å². The summed E-state index contributed by atoms with van der Waals surface area (Å²) in [5, 5.41) is 0. The van der Waals surface area contributed by atoms with E-state index in [-0.39, 0.29) is 11.3 Å². The highest BCUT2D eigenvalue weighted by Gasteiger charge is 2.32. The van der Waals surface area contributed by atoms with Gasteiger partial charge in [0.05, 0.1) is 31.4 Å². The van der Waals surface area contributed by atoms with Gasteiger partial charge in [-0.05, 0) is 50.6 Å². The zero-order chi connectivity index (χ0) is 24.4. The summed E-state index contributed by atoms with van der Waals surface area (Å²) in [7, 11) is 3.15. The molecule has 4 rings (SSSR count). The Balaban J connectivity index is 1.93. The van der Waals surface area contributed by atoms with Crippen LogP contribution in [-0.2, 0) is 4.79 Å². The van der Waals surface area contributed by atoms with E-state index >= 15 is 0 Å². The van der Waals surface area contributed by atoms with Gasteiger partial charge >= 0.3 is 0 Å². The fourth-order valence-electron chi connectivity index (χ4n) is 4.16. The van der Waals surface area contributed by atoms with E-state index in [1.54, 1.807) is 31.8 Å². The molecule has 0 radical (unpaired) electrons. The van der Waals surface area contributed by atoms with Crippen LogP contribution in [0.15, 0.2) is 63.5 Å². The molecule has 3 aromatic rings. The van der Waals surface area contributed by atoms with Crippen molar-refractivity contribution >= 4 is 23.2 Å². The molecule has 0 unspecified atom stereocenters. The number of allylic oxidation sites excluding steroid dienone is 2. The Bertz CT molecular complexity index is 1470. The lowest BCUT2D eigenvalue weighted by Gasteiger charge is -2.25. The third-order valence-electron chi connectivity index (χ3n) is 5.62. The SMILES string of the molecule is CCOc1ccc(/C=c2\sc3n(c2=O)[C@H](c2ccccc2OC)C(C(C)=O)=C(C)N=3)cc1OC. The Morgan fingerprint density at radius 2 is 1.85 bits per heavy atom. The van der Waals surface area contributed by atoms with Crippen molar-refractivity contribution in [3.63, 3.8) is 0 Å². The van der Waals surface area contributed by atoms with Gasteiger partial charge in [0.15, 0.2) is 22.1 Å². The number of carbonyl (C=O) groups excluding carboxylic acids is 1. The third-order valence-corrected chi connectivity index (χ3v) is 6.60. The van der Waals surface area contributed by atoms with Crippen LogP contribution in [0.1, 0.15) is 37.9 Å². The molecular weight excluding hydrogens is 452 g/mol. The summed E-state index contributed by atoms with van der Waals surface area (Å²) in [6.07, 6.45) is 1.80. The fraction of sp³-hybridized carbons (Fsp3) is 0.269. The average Bonchev–Trinajstić information content (AvgIpc) is 3.13. The summed E-state index contributed by atoms with van der Waals surface area (Å²) in [5.74, 6) is 1.70. The second kappa shape index (κ2) is 9.69. The van der Waals surface area contributed by atoms with E-state index in [0.717, 1.165) is 11.1 Å². The second-order valence-corrected chi connectivity index (χ2v) is 8.73. The summed E-state index contributed by atoms with van der Waals surface area (Å²) in [6, 6.07) is 12.3. The van der Waals surface area contributed by atoms with Gasteiger partial charge in [0, 0.05) is 16.8 Å². The van der Waals surface area contributed by atoms with Crippen LogP contribution in [0.5, 0.6) is 17.2 Å². The van der Waals surface area contributed by atoms with E-state index in [9.17, 15) is 9.59 Å². The predicted octanol–water partition coefficient (Wildman–Crippen LogP) is 3.24. The summed E-state index contributed by atoms with van der Waals surface area (Å²) in [4.78, 5) is 31.5. The molecule has 1 aliphatic rings. The lowest BCUT2D eigenvalue weighted by Crippen LogP contribution is -2.39. The minimum Gasteiger partial charge on any atom is -0.496 e. The number of thiazole rings is 1. The maximum atomic E-state index is 13.7. The van der Waals surface area contributed by atoms with E-state index in [0.29, 0.717) is 44.5 Å². The molecule has 176 valence electrons. The number of carbonyl (C=O) groups is 1. The molecule has 1 aromatic heterocycles. The lowest BCUT2D eigenvalue weighted by molar-refractivity contribution is -0.114. The highest BCUT2D eigenvalue weighted by Crippen LogP contribution is 2.35. The van der Waals surface area contributed by atoms with Crippen LogP contribution in [0.3, 0.4) is 0 Å². The van der Waals surface area contributed by atoms with Gasteiger partial charge in [-0.15, -0.1) is 0 Å². The Kier molecular flexibility index (Phi) is 6.70. The molecule has 0 aliphatic carbocycles. The number of aromatic nitrogens is 1. The summed E-state index contributed by atoms with van der Waals surface area (Å²) >= 11 is 1.28. The Morgan fingerprint density at radius 3 is 2.53 bits per heavy atom. The van der Waals surface area contributed by atoms with E-state index < -0.39 is 6.04 Å². The van der Waals surface area contributed by atoms with Crippen LogP contribution in [0.2, 0.25) is 0 Å². The average molecular weight is 479 g/mol. The molecule has 1 aliphatic heterocycles. The number of methoxy groups -OCH3 is 2. The van der Waals surface area contributed by atoms with Crippen molar-refractivity contribution in [1.82, 2.24) is 4.57 Å². The van der Waals surface area contributed by atoms with Crippen LogP contribution in [0.25, 0.3) is 6.08 Å². The van der Waals surface area contributed by atoms with Crippen molar-refractivity contribution in [1.29, 1.82) is 0 Å². The molecule has 0 amide bonds. The molecule has 0 N–H and O–H groups in total. The molecule has 1 atom stereocenters. The first-order chi connectivity index (χ1) is 16.4. The van der Waals surface area contributed by atoms with Crippen molar-refractivity contribution in [2.45, 2.75) is 26.8 Å². The van der Waals surface area contributed by atoms with Crippen LogP contribution in [0.4, 0.5) is 0 Å². The molecule has 0 bridgehead atoms. The van der Waals surface area contributed by atoms with Gasteiger partial charge in [0.25, 0.3) is 5.56 Å². The first-order valence-electron chi connectivity index (χ1n) is 10.9. The molecule has 0 fully saturated rings. The van der Waals surface area contributed by atoms with Gasteiger partial charge in [-0.2, -0.15) is 0 Å². The normalized spacial score (nSPS) is 15.6. The largest absolute Gasteiger partial charge is 0.496 e. The van der Waals surface area contributed by atoms with Crippen LogP contribution in [0, 0.1) is 0 Å². The highest BCUT2D eigenvalue weighted by atomic mass is 32.1. The third kappa shape index (κ3) is 4.17. The highest BCUT2D eigenvalue weighted by molar-refractivity contribution is 7.07. The van der Waals surface area contributed by atoms with E-state index in [2.05, 4.69) is 4.99 Å². The van der Waals surface area contributed by atoms with Crippen molar-refractivity contribution in [3.8, 4) is 17.2 Å². The van der Waals surface area contributed by atoms with Gasteiger partial charge in [-0.1, -0.05) is 35.6 Å². The van der Waals surface area contributed by atoms with Gasteiger partial charge < -0.3 is 14.2 Å². The first-order valence-corrected chi connectivity index (χ1v) is 11.7. The quantitative estimate of drug-likeness (QED) is 0.521. The maximum absolute atomic E-state index is 13.7. The molecule has 8 heteroatoms. The number of hydrogen-bond acceptors (Lipinski definition) is 7. The fourth-order valence-corrected chi connectivity index (χ4v) is 5.20. The van der Waals surface area contributed by atoms with Crippen LogP contribution in [-0.4, -0.2) is 31.2 Å². The molecular formula is C26H26N2O5S. The maximum Gasteiger partial charge on any atom is 0.271 e. The van der Waals surface area contributed by atoms with Crippen molar-refractivity contribution in [2.75, 3.05) is 20.8 Å². The molecule has 0 saturated heterocycles. The van der Waals surface area contributed by atoms with Crippen molar-refractivity contribution in [3.05, 3.63) is 84.5 Å². The lowest BCUT2D eigenvalue weighted by atomic mass is 9.93. The monoisotopic (exact) mass is 478 g/mol. The molecule has 2 aromatic carbocycles. The number of benzene rings is 2. The number of nitrogens with zero attached hydrogens (tertiary/aromatic N) is 2. The zero-order valence-corrected chi connectivity index (χ0v) is 20.6. The smallest absolute Gasteiger partial charge is 0.271 e. The number of fused-ring (bicyclic) bond motifs is 1. The molecule has 2 heterocycles. The van der Waals surface area contributed by atoms with Crippen molar-refractivity contribution in [2.24, 2.45) is 4.99 Å². The second-order valence-electron chi connectivity index (χ2n) is 7.72. The van der Waals surface area contributed by atoms with Crippen LogP contribution < -0.4 is 29.1 Å². The van der Waals surface area contributed by atoms with E-state index in [1.165, 1.54) is 18.3 Å². The number of ketones is 1. The van der Waals surface area contributed by atoms with Gasteiger partial charge in [-0.3, -0.25) is 14.2 Å². The minimum absolute atomic E-state index is 0.136. The van der Waals surface area contributed by atoms with Gasteiger partial charge in [0.1, 0.15) is 5.75 Å². The standard InChI is InChI=1S/C26H26N2O5S/c1-6-33-20-12-11-17(13-21(20)32-5)14-22-25(30)28-24(18-9-7-8-10-19(18)31-4)23(16(3)29)15(2)27-26(28)34-22/h7-14,24H,6H2,1-5H3/b22-14-/t24-/m1/s1. The summed E-state index contributed by atoms with van der Waals surface area (Å²) < 4.78 is 18.7. The topological polar surface area (TPSA) is 79.1 Å². The summed E-state index contributed by atoms with van der Waals surface area (Å²) in [5.41, 5.74) is 2.38. The minimum atomic E-state index is -0.623. The Morgan fingerprint density at radius 1 is 1.12 bits per heavy atom. The zero-order valence-electron chi connectivity index (χ0n) is 19.7. The van der Waals surface area contributed by atoms with Crippen molar-refractivity contribution < 1.29 is 19.0 Å². The number of Topliss-reactive ketones (excluding diaryl/α,β-unsaturated/α-hetero) is 1. The molecule has 7 nitrogen and oxygen atoms in total. The number of hydrogen-bond donors (Lipinski definition) is 0. The molecule has 0 saturated carbocycles. The molecule has 34 heavy (non-hydrogen) atoms. The molecule has 0 spiro atoms. The van der Waals surface area contributed by atoms with E-state index in [1.807, 2.05) is 49.4 Å².